The molecule has 0 saturated carbocycles. The van der Waals surface area contributed by atoms with Crippen LogP contribution in [0.25, 0.3) is 0 Å². The summed E-state index contributed by atoms with van der Waals surface area (Å²) < 4.78 is 0. The maximum absolute atomic E-state index is 5.12. The van der Waals surface area contributed by atoms with Crippen molar-refractivity contribution in [1.29, 1.82) is 0 Å². The number of nitrogens with zero attached hydrogens (tertiary/aromatic N) is 1. The summed E-state index contributed by atoms with van der Waals surface area (Å²) in [6, 6.07) is 0.532. The quantitative estimate of drug-likeness (QED) is 0.458. The molecule has 0 saturated heterocycles. The highest BCUT2D eigenvalue weighted by molar-refractivity contribution is 7.80. The van der Waals surface area contributed by atoms with Crippen LogP contribution in [0, 0.1) is 0 Å². The normalized spacial score (nSPS) is 23.9. The summed E-state index contributed by atoms with van der Waals surface area (Å²) in [5, 5.41) is 0. The van der Waals surface area contributed by atoms with Gasteiger partial charge in [0.1, 0.15) is 4.99 Å². The van der Waals surface area contributed by atoms with E-state index >= 15 is 0 Å². The van der Waals surface area contributed by atoms with Crippen LogP contribution in [0.4, 0.5) is 0 Å². The van der Waals surface area contributed by atoms with Gasteiger partial charge in [0, 0.05) is 13.1 Å². The van der Waals surface area contributed by atoms with Gasteiger partial charge in [-0.15, -0.1) is 6.58 Å². The Morgan fingerprint density at radius 2 is 2.64 bits per heavy atom. The van der Waals surface area contributed by atoms with Gasteiger partial charge in [0.25, 0.3) is 0 Å². The fourth-order valence-electron chi connectivity index (χ4n) is 1.23. The van der Waals surface area contributed by atoms with Crippen LogP contribution in [-0.2, 0) is 0 Å². The van der Waals surface area contributed by atoms with Crippen molar-refractivity contribution >= 4 is 17.2 Å². The molecule has 0 spiro atoms. The molecular formula is C9H13NS. The van der Waals surface area contributed by atoms with Gasteiger partial charge in [-0.3, -0.25) is 0 Å². The third-order valence-corrected chi connectivity index (χ3v) is 2.43. The first-order chi connectivity index (χ1) is 5.25. The minimum absolute atomic E-state index is 0.532. The molecule has 1 nitrogen and oxygen atoms in total. The lowest BCUT2D eigenvalue weighted by Gasteiger charge is -2.30. The van der Waals surface area contributed by atoms with Gasteiger partial charge in [-0.25, -0.2) is 0 Å². The molecule has 0 bridgehead atoms. The first-order valence-corrected chi connectivity index (χ1v) is 4.20. The summed E-state index contributed by atoms with van der Waals surface area (Å²) in [5.41, 5.74) is 0. The molecule has 0 N–H and O–H groups in total. The lowest BCUT2D eigenvalue weighted by molar-refractivity contribution is 0.369. The first kappa shape index (κ1) is 8.47. The Kier molecular flexibility index (Phi) is 2.83. The van der Waals surface area contributed by atoms with Crippen molar-refractivity contribution in [2.45, 2.75) is 18.9 Å². The predicted molar refractivity (Wildman–Crippen MR) is 52.7 cm³/mol. The van der Waals surface area contributed by atoms with Gasteiger partial charge in [0.05, 0.1) is 0 Å². The van der Waals surface area contributed by atoms with Crippen LogP contribution in [-0.4, -0.2) is 23.0 Å². The molecule has 11 heavy (non-hydrogen) atoms. The van der Waals surface area contributed by atoms with Gasteiger partial charge in [0.2, 0.25) is 0 Å². The Balaban J connectivity index is 2.61. The minimum Gasteiger partial charge on any atom is -0.362 e. The van der Waals surface area contributed by atoms with Crippen LogP contribution >= 0.6 is 12.2 Å². The van der Waals surface area contributed by atoms with Gasteiger partial charge in [-0.2, -0.15) is 0 Å². The van der Waals surface area contributed by atoms with Gasteiger partial charge in [-0.1, -0.05) is 24.4 Å². The average molecular weight is 167 g/mol. The topological polar surface area (TPSA) is 3.24 Å². The summed E-state index contributed by atoms with van der Waals surface area (Å²) in [4.78, 5) is 3.07. The molecule has 2 heteroatoms. The average Bonchev–Trinajstić information content (AvgIpc) is 1.99. The van der Waals surface area contributed by atoms with E-state index < -0.39 is 0 Å². The molecule has 0 amide bonds. The Morgan fingerprint density at radius 1 is 1.91 bits per heavy atom. The van der Waals surface area contributed by atoms with Crippen LogP contribution in [0.15, 0.2) is 24.8 Å². The van der Waals surface area contributed by atoms with Crippen LogP contribution in [0.1, 0.15) is 12.8 Å². The van der Waals surface area contributed by atoms with E-state index in [1.807, 2.05) is 19.2 Å². The molecule has 0 fully saturated rings. The molecule has 0 aromatic heterocycles. The monoisotopic (exact) mass is 167 g/mol. The summed E-state index contributed by atoms with van der Waals surface area (Å²) in [6.45, 7) is 3.72. The molecule has 1 unspecified atom stereocenters. The molecule has 0 aromatic carbocycles. The van der Waals surface area contributed by atoms with Gasteiger partial charge in [-0.05, 0) is 18.9 Å². The standard InChI is InChI=1S/C9H13NS/c1-3-5-8-6-4-7-9(11)10(8)2/h3-4,7-8H,1,5-6H2,2H3. The van der Waals surface area contributed by atoms with E-state index in [1.54, 1.807) is 0 Å². The van der Waals surface area contributed by atoms with Gasteiger partial charge >= 0.3 is 0 Å². The van der Waals surface area contributed by atoms with E-state index in [2.05, 4.69) is 17.6 Å². The highest BCUT2D eigenvalue weighted by atomic mass is 32.1. The minimum atomic E-state index is 0.532. The Hall–Kier alpha value is -0.630. The van der Waals surface area contributed by atoms with E-state index in [1.165, 1.54) is 0 Å². The number of likely N-dealkylation sites (N-methyl/N-ethyl adjacent to an activating group) is 1. The smallest absolute Gasteiger partial charge is 0.101 e. The highest BCUT2D eigenvalue weighted by Crippen LogP contribution is 2.14. The number of hydrogen-bond acceptors (Lipinski definition) is 1. The fraction of sp³-hybridized carbons (Fsp3) is 0.444. The van der Waals surface area contributed by atoms with Crippen LogP contribution in [0.5, 0.6) is 0 Å². The fourth-order valence-corrected chi connectivity index (χ4v) is 1.47. The Bertz CT molecular complexity index is 196. The van der Waals surface area contributed by atoms with E-state index in [0.29, 0.717) is 6.04 Å². The third-order valence-electron chi connectivity index (χ3n) is 2.00. The predicted octanol–water partition coefficient (Wildman–Crippen LogP) is 2.15. The van der Waals surface area contributed by atoms with Crippen molar-refractivity contribution in [3.05, 3.63) is 24.8 Å². The van der Waals surface area contributed by atoms with E-state index in [4.69, 9.17) is 12.2 Å². The van der Waals surface area contributed by atoms with Crippen molar-refractivity contribution < 1.29 is 0 Å². The summed E-state index contributed by atoms with van der Waals surface area (Å²) in [6.07, 6.45) is 8.18. The second-order valence-electron chi connectivity index (χ2n) is 2.77. The molecule has 60 valence electrons. The van der Waals surface area contributed by atoms with Crippen molar-refractivity contribution in [2.24, 2.45) is 0 Å². The lowest BCUT2D eigenvalue weighted by atomic mass is 10.1. The summed E-state index contributed by atoms with van der Waals surface area (Å²) in [7, 11) is 2.04. The van der Waals surface area contributed by atoms with E-state index in [-0.39, 0.29) is 0 Å². The Labute approximate surface area is 73.4 Å². The summed E-state index contributed by atoms with van der Waals surface area (Å²) >= 11 is 5.12. The van der Waals surface area contributed by atoms with Crippen LogP contribution < -0.4 is 0 Å². The van der Waals surface area contributed by atoms with Crippen molar-refractivity contribution in [2.75, 3.05) is 7.05 Å². The maximum Gasteiger partial charge on any atom is 0.101 e. The van der Waals surface area contributed by atoms with Crippen molar-refractivity contribution in [1.82, 2.24) is 4.90 Å². The maximum atomic E-state index is 5.12. The zero-order valence-electron chi connectivity index (χ0n) is 6.79. The highest BCUT2D eigenvalue weighted by Gasteiger charge is 2.16. The molecule has 0 aliphatic carbocycles. The molecule has 0 aromatic rings. The van der Waals surface area contributed by atoms with Crippen molar-refractivity contribution in [3.63, 3.8) is 0 Å². The number of rotatable bonds is 2. The molecule has 0 radical (unpaired) electrons. The van der Waals surface area contributed by atoms with Crippen LogP contribution in [0.3, 0.4) is 0 Å². The van der Waals surface area contributed by atoms with E-state index in [9.17, 15) is 0 Å². The third kappa shape index (κ3) is 1.90. The lowest BCUT2D eigenvalue weighted by Crippen LogP contribution is -2.36. The molecule has 1 aliphatic rings. The van der Waals surface area contributed by atoms with E-state index in [0.717, 1.165) is 17.8 Å². The van der Waals surface area contributed by atoms with Crippen LogP contribution in [0.2, 0.25) is 0 Å². The second-order valence-corrected chi connectivity index (χ2v) is 3.18. The Morgan fingerprint density at radius 3 is 3.27 bits per heavy atom. The largest absolute Gasteiger partial charge is 0.362 e. The molecule has 1 rings (SSSR count). The molecule has 1 aliphatic heterocycles. The zero-order valence-corrected chi connectivity index (χ0v) is 7.60. The molecule has 1 heterocycles. The molecular weight excluding hydrogens is 154 g/mol. The van der Waals surface area contributed by atoms with Crippen molar-refractivity contribution in [3.8, 4) is 0 Å². The second kappa shape index (κ2) is 3.67. The zero-order chi connectivity index (χ0) is 8.27. The van der Waals surface area contributed by atoms with Gasteiger partial charge < -0.3 is 4.90 Å². The first-order valence-electron chi connectivity index (χ1n) is 3.80. The number of hydrogen-bond donors (Lipinski definition) is 0. The SMILES string of the molecule is C=CCC1CC=CC(=S)N1C. The number of thiocarbonyl (C=S) groups is 1. The molecule has 1 atom stereocenters. The summed E-state index contributed by atoms with van der Waals surface area (Å²) in [5.74, 6) is 0. The van der Waals surface area contributed by atoms with Gasteiger partial charge in [0.15, 0.2) is 0 Å².